The lowest BCUT2D eigenvalue weighted by atomic mass is 10.2. The Labute approximate surface area is 117 Å². The molecule has 3 aromatic rings. The van der Waals surface area contributed by atoms with Crippen LogP contribution in [0.15, 0.2) is 59.8 Å². The van der Waals surface area contributed by atoms with E-state index in [1.807, 2.05) is 48.5 Å². The van der Waals surface area contributed by atoms with Crippen LogP contribution in [-0.2, 0) is 0 Å². The van der Waals surface area contributed by atoms with Crippen molar-refractivity contribution in [2.45, 2.75) is 6.92 Å². The molecule has 0 atom stereocenters. The van der Waals surface area contributed by atoms with Gasteiger partial charge in [0.05, 0.1) is 29.1 Å². The molecule has 0 amide bonds. The van der Waals surface area contributed by atoms with E-state index < -0.39 is 0 Å². The molecule has 4 heteroatoms. The first-order valence-electron chi connectivity index (χ1n) is 6.39. The Kier molecular flexibility index (Phi) is 3.37. The highest BCUT2D eigenvalue weighted by Gasteiger charge is 1.96. The molecule has 0 bridgehead atoms. The Morgan fingerprint density at radius 1 is 1.00 bits per heavy atom. The minimum Gasteiger partial charge on any atom is -0.278 e. The Morgan fingerprint density at radius 2 is 1.75 bits per heavy atom. The number of benzene rings is 2. The maximum atomic E-state index is 4.47. The molecule has 4 nitrogen and oxygen atoms in total. The Hall–Kier alpha value is -2.75. The highest BCUT2D eigenvalue weighted by Crippen LogP contribution is 2.09. The van der Waals surface area contributed by atoms with E-state index in [0.29, 0.717) is 0 Å². The van der Waals surface area contributed by atoms with E-state index in [4.69, 9.17) is 0 Å². The topological polar surface area (TPSA) is 50.2 Å². The first-order valence-corrected chi connectivity index (χ1v) is 6.39. The lowest BCUT2D eigenvalue weighted by Crippen LogP contribution is -1.94. The predicted octanol–water partition coefficient (Wildman–Crippen LogP) is 3.38. The van der Waals surface area contributed by atoms with Gasteiger partial charge in [0.2, 0.25) is 0 Å². The molecule has 1 N–H and O–H groups in total. The van der Waals surface area contributed by atoms with Gasteiger partial charge in [-0.1, -0.05) is 29.8 Å². The van der Waals surface area contributed by atoms with Crippen LogP contribution in [0.25, 0.3) is 11.0 Å². The molecule has 1 aromatic heterocycles. The van der Waals surface area contributed by atoms with Gasteiger partial charge in [-0.25, -0.2) is 4.98 Å². The fraction of sp³-hybridized carbons (Fsp3) is 0.0625. The number of hydrogen-bond acceptors (Lipinski definition) is 4. The van der Waals surface area contributed by atoms with E-state index in [0.717, 1.165) is 22.4 Å². The number of para-hydroxylation sites is 2. The minimum atomic E-state index is 0.725. The zero-order chi connectivity index (χ0) is 13.8. The van der Waals surface area contributed by atoms with E-state index in [2.05, 4.69) is 27.4 Å². The quantitative estimate of drug-likeness (QED) is 0.581. The van der Waals surface area contributed by atoms with Crippen molar-refractivity contribution >= 4 is 22.9 Å². The number of aromatic nitrogens is 2. The predicted molar refractivity (Wildman–Crippen MR) is 81.9 cm³/mol. The van der Waals surface area contributed by atoms with E-state index >= 15 is 0 Å². The molecule has 0 aliphatic heterocycles. The number of nitrogens with one attached hydrogen (secondary N) is 1. The monoisotopic (exact) mass is 262 g/mol. The van der Waals surface area contributed by atoms with Gasteiger partial charge >= 0.3 is 0 Å². The van der Waals surface area contributed by atoms with E-state index in [9.17, 15) is 0 Å². The molecule has 1 heterocycles. The third-order valence-corrected chi connectivity index (χ3v) is 2.91. The van der Waals surface area contributed by atoms with Crippen molar-refractivity contribution in [2.75, 3.05) is 5.43 Å². The lowest BCUT2D eigenvalue weighted by Gasteiger charge is -2.00. The lowest BCUT2D eigenvalue weighted by molar-refractivity contribution is 1.26. The van der Waals surface area contributed by atoms with E-state index in [1.54, 1.807) is 12.4 Å². The van der Waals surface area contributed by atoms with E-state index in [1.165, 1.54) is 5.56 Å². The van der Waals surface area contributed by atoms with E-state index in [-0.39, 0.29) is 0 Å². The number of fused-ring (bicyclic) bond motifs is 1. The first kappa shape index (κ1) is 12.3. The number of hydrazone groups is 1. The van der Waals surface area contributed by atoms with Gasteiger partial charge in [0.1, 0.15) is 5.69 Å². The number of anilines is 1. The second-order valence-electron chi connectivity index (χ2n) is 4.52. The number of aryl methyl sites for hydroxylation is 1. The Morgan fingerprint density at radius 3 is 2.55 bits per heavy atom. The zero-order valence-corrected chi connectivity index (χ0v) is 11.1. The molecule has 98 valence electrons. The average Bonchev–Trinajstić information content (AvgIpc) is 2.49. The summed E-state index contributed by atoms with van der Waals surface area (Å²) >= 11 is 0. The summed E-state index contributed by atoms with van der Waals surface area (Å²) in [5.41, 5.74) is 7.62. The highest BCUT2D eigenvalue weighted by atomic mass is 15.3. The van der Waals surface area contributed by atoms with Crippen LogP contribution in [0.1, 0.15) is 11.3 Å². The smallest absolute Gasteiger partial charge is 0.102 e. The van der Waals surface area contributed by atoms with Crippen molar-refractivity contribution in [1.82, 2.24) is 9.97 Å². The number of rotatable bonds is 3. The maximum absolute atomic E-state index is 4.47. The largest absolute Gasteiger partial charge is 0.278 e. The molecular weight excluding hydrogens is 248 g/mol. The summed E-state index contributed by atoms with van der Waals surface area (Å²) in [6.45, 7) is 2.05. The summed E-state index contributed by atoms with van der Waals surface area (Å²) in [7, 11) is 0. The maximum Gasteiger partial charge on any atom is 0.102 e. The van der Waals surface area contributed by atoms with Gasteiger partial charge in [-0.05, 0) is 31.2 Å². The van der Waals surface area contributed by atoms with Gasteiger partial charge in [-0.2, -0.15) is 5.10 Å². The van der Waals surface area contributed by atoms with Crippen LogP contribution in [0.5, 0.6) is 0 Å². The molecular formula is C16H14N4. The molecule has 0 aliphatic rings. The van der Waals surface area contributed by atoms with Crippen LogP contribution in [0.2, 0.25) is 0 Å². The van der Waals surface area contributed by atoms with Gasteiger partial charge in [0, 0.05) is 0 Å². The molecule has 0 unspecified atom stereocenters. The summed E-state index contributed by atoms with van der Waals surface area (Å²) in [5.74, 6) is 0. The molecule has 0 spiro atoms. The highest BCUT2D eigenvalue weighted by molar-refractivity contribution is 5.82. The third-order valence-electron chi connectivity index (χ3n) is 2.91. The van der Waals surface area contributed by atoms with Crippen LogP contribution in [0.4, 0.5) is 5.69 Å². The van der Waals surface area contributed by atoms with Crippen LogP contribution in [0, 0.1) is 6.92 Å². The SMILES string of the molecule is Cc1ccc(N/N=C/c2cnc3ccccc3n2)cc1. The molecule has 0 saturated carbocycles. The number of hydrogen-bond donors (Lipinski definition) is 1. The second-order valence-corrected chi connectivity index (χ2v) is 4.52. The van der Waals surface area contributed by atoms with Crippen molar-refractivity contribution in [3.05, 3.63) is 66.0 Å². The summed E-state index contributed by atoms with van der Waals surface area (Å²) in [6.07, 6.45) is 3.38. The zero-order valence-electron chi connectivity index (χ0n) is 11.1. The second kappa shape index (κ2) is 5.48. The van der Waals surface area contributed by atoms with Gasteiger partial charge in [-0.3, -0.25) is 10.4 Å². The van der Waals surface area contributed by atoms with Crippen LogP contribution in [-0.4, -0.2) is 16.2 Å². The van der Waals surface area contributed by atoms with Crippen molar-refractivity contribution in [1.29, 1.82) is 0 Å². The summed E-state index contributed by atoms with van der Waals surface area (Å²) in [5, 5.41) is 4.17. The van der Waals surface area contributed by atoms with Gasteiger partial charge in [-0.15, -0.1) is 0 Å². The Balaban J connectivity index is 1.75. The molecule has 0 radical (unpaired) electrons. The number of nitrogens with zero attached hydrogens (tertiary/aromatic N) is 3. The van der Waals surface area contributed by atoms with Crippen LogP contribution < -0.4 is 5.43 Å². The normalized spacial score (nSPS) is 11.1. The summed E-state index contributed by atoms with van der Waals surface area (Å²) in [4.78, 5) is 8.81. The van der Waals surface area contributed by atoms with Crippen molar-refractivity contribution < 1.29 is 0 Å². The summed E-state index contributed by atoms with van der Waals surface area (Å²) in [6, 6.07) is 15.8. The summed E-state index contributed by atoms with van der Waals surface area (Å²) < 4.78 is 0. The fourth-order valence-corrected chi connectivity index (χ4v) is 1.83. The van der Waals surface area contributed by atoms with Gasteiger partial charge < -0.3 is 0 Å². The molecule has 3 rings (SSSR count). The molecule has 20 heavy (non-hydrogen) atoms. The van der Waals surface area contributed by atoms with Crippen molar-refractivity contribution in [2.24, 2.45) is 5.10 Å². The molecule has 0 fully saturated rings. The first-order chi connectivity index (χ1) is 9.81. The fourth-order valence-electron chi connectivity index (χ4n) is 1.83. The van der Waals surface area contributed by atoms with Gasteiger partial charge in [0.15, 0.2) is 0 Å². The minimum absolute atomic E-state index is 0.725. The molecule has 2 aromatic carbocycles. The average molecular weight is 262 g/mol. The molecule has 0 saturated heterocycles. The van der Waals surface area contributed by atoms with Crippen molar-refractivity contribution in [3.63, 3.8) is 0 Å². The third kappa shape index (κ3) is 2.80. The van der Waals surface area contributed by atoms with Gasteiger partial charge in [0.25, 0.3) is 0 Å². The van der Waals surface area contributed by atoms with Crippen LogP contribution >= 0.6 is 0 Å². The Bertz CT molecular complexity index is 748. The standard InChI is InChI=1S/C16H14N4/c1-12-6-8-13(9-7-12)20-18-11-14-10-17-15-4-2-3-5-16(15)19-14/h2-11,20H,1H3/b18-11+. The van der Waals surface area contributed by atoms with Crippen LogP contribution in [0.3, 0.4) is 0 Å². The van der Waals surface area contributed by atoms with Crippen molar-refractivity contribution in [3.8, 4) is 0 Å². The molecule has 0 aliphatic carbocycles.